The Labute approximate surface area is 146 Å². The van der Waals surface area contributed by atoms with Crippen molar-refractivity contribution in [3.63, 3.8) is 0 Å². The highest BCUT2D eigenvalue weighted by atomic mass is 19.4. The lowest BCUT2D eigenvalue weighted by Crippen LogP contribution is -2.13. The maximum Gasteiger partial charge on any atom is 0.416 e. The molecule has 3 aromatic rings. The zero-order chi connectivity index (χ0) is 18.6. The molecular formula is C18H13F3N4O. The number of amides is 1. The molecular weight excluding hydrogens is 345 g/mol. The van der Waals surface area contributed by atoms with Crippen LogP contribution < -0.4 is 10.6 Å². The van der Waals surface area contributed by atoms with Crippen LogP contribution in [0, 0.1) is 0 Å². The number of aromatic nitrogens is 2. The van der Waals surface area contributed by atoms with E-state index < -0.39 is 11.7 Å². The molecule has 1 heterocycles. The molecule has 0 aliphatic carbocycles. The molecule has 0 bridgehead atoms. The number of rotatable bonds is 4. The van der Waals surface area contributed by atoms with Gasteiger partial charge in [0.25, 0.3) is 5.91 Å². The molecule has 0 fully saturated rings. The van der Waals surface area contributed by atoms with Crippen molar-refractivity contribution in [1.29, 1.82) is 0 Å². The Morgan fingerprint density at radius 2 is 1.46 bits per heavy atom. The van der Waals surface area contributed by atoms with Crippen molar-refractivity contribution in [2.75, 3.05) is 10.6 Å². The third kappa shape index (κ3) is 4.35. The minimum Gasteiger partial charge on any atom is -0.324 e. The number of hydrogen-bond acceptors (Lipinski definition) is 4. The van der Waals surface area contributed by atoms with Crippen LogP contribution in [0.4, 0.5) is 30.5 Å². The topological polar surface area (TPSA) is 66.9 Å². The average Bonchev–Trinajstić information content (AvgIpc) is 2.63. The number of carbonyl (C=O) groups excluding carboxylic acids is 1. The van der Waals surface area contributed by atoms with Gasteiger partial charge in [-0.15, -0.1) is 0 Å². The lowest BCUT2D eigenvalue weighted by atomic mass is 10.2. The number of benzene rings is 2. The average molecular weight is 358 g/mol. The Kier molecular flexibility index (Phi) is 4.83. The molecule has 0 radical (unpaired) electrons. The van der Waals surface area contributed by atoms with Gasteiger partial charge in [-0.05, 0) is 36.4 Å². The van der Waals surface area contributed by atoms with Crippen molar-refractivity contribution in [2.45, 2.75) is 6.18 Å². The molecule has 8 heteroatoms. The van der Waals surface area contributed by atoms with E-state index in [1.165, 1.54) is 24.5 Å². The van der Waals surface area contributed by atoms with Crippen molar-refractivity contribution in [1.82, 2.24) is 9.97 Å². The van der Waals surface area contributed by atoms with Gasteiger partial charge in [0.2, 0.25) is 5.95 Å². The van der Waals surface area contributed by atoms with Crippen molar-refractivity contribution < 1.29 is 18.0 Å². The van der Waals surface area contributed by atoms with Crippen molar-refractivity contribution in [2.24, 2.45) is 0 Å². The summed E-state index contributed by atoms with van der Waals surface area (Å²) in [5.74, 6) is -0.196. The van der Waals surface area contributed by atoms with E-state index in [0.29, 0.717) is 11.4 Å². The lowest BCUT2D eigenvalue weighted by molar-refractivity contribution is -0.137. The Balaban J connectivity index is 1.65. The predicted octanol–water partition coefficient (Wildman–Crippen LogP) is 4.49. The first-order valence-electron chi connectivity index (χ1n) is 7.54. The number of carbonyl (C=O) groups is 1. The first-order chi connectivity index (χ1) is 12.4. The van der Waals surface area contributed by atoms with Gasteiger partial charge in [-0.1, -0.05) is 18.2 Å². The zero-order valence-electron chi connectivity index (χ0n) is 13.3. The van der Waals surface area contributed by atoms with Gasteiger partial charge >= 0.3 is 6.18 Å². The van der Waals surface area contributed by atoms with Gasteiger partial charge in [0.05, 0.1) is 11.1 Å². The third-order valence-corrected chi connectivity index (χ3v) is 3.41. The second-order valence-electron chi connectivity index (χ2n) is 5.32. The van der Waals surface area contributed by atoms with E-state index in [-0.39, 0.29) is 17.4 Å². The van der Waals surface area contributed by atoms with Crippen molar-refractivity contribution in [3.05, 3.63) is 78.1 Å². The van der Waals surface area contributed by atoms with E-state index in [1.807, 2.05) is 6.07 Å². The molecule has 1 aromatic heterocycles. The number of alkyl halides is 3. The van der Waals surface area contributed by atoms with Gasteiger partial charge in [0.15, 0.2) is 0 Å². The molecule has 1 amide bonds. The molecule has 0 atom stereocenters. The number of anilines is 3. The van der Waals surface area contributed by atoms with Crippen LogP contribution in [-0.2, 0) is 6.18 Å². The number of nitrogens with one attached hydrogen (secondary N) is 2. The normalized spacial score (nSPS) is 11.0. The summed E-state index contributed by atoms with van der Waals surface area (Å²) >= 11 is 0. The van der Waals surface area contributed by atoms with E-state index in [2.05, 4.69) is 20.6 Å². The maximum atomic E-state index is 12.5. The van der Waals surface area contributed by atoms with Gasteiger partial charge in [0.1, 0.15) is 0 Å². The summed E-state index contributed by atoms with van der Waals surface area (Å²) in [6.07, 6.45) is -1.72. The summed E-state index contributed by atoms with van der Waals surface area (Å²) in [5, 5.41) is 5.48. The molecule has 0 aliphatic rings. The van der Waals surface area contributed by atoms with Crippen LogP contribution in [0.25, 0.3) is 0 Å². The number of nitrogens with zero attached hydrogens (tertiary/aromatic N) is 2. The largest absolute Gasteiger partial charge is 0.416 e. The van der Waals surface area contributed by atoms with E-state index in [0.717, 1.165) is 12.1 Å². The number of halogens is 3. The fourth-order valence-electron chi connectivity index (χ4n) is 2.11. The molecule has 0 saturated carbocycles. The first-order valence-corrected chi connectivity index (χ1v) is 7.54. The van der Waals surface area contributed by atoms with Crippen molar-refractivity contribution >= 4 is 23.2 Å². The predicted molar refractivity (Wildman–Crippen MR) is 91.2 cm³/mol. The molecule has 26 heavy (non-hydrogen) atoms. The minimum atomic E-state index is -4.39. The Morgan fingerprint density at radius 1 is 0.846 bits per heavy atom. The number of hydrogen-bond donors (Lipinski definition) is 2. The van der Waals surface area contributed by atoms with Gasteiger partial charge < -0.3 is 10.6 Å². The quantitative estimate of drug-likeness (QED) is 0.721. The molecule has 0 saturated heterocycles. The maximum absolute atomic E-state index is 12.5. The van der Waals surface area contributed by atoms with Gasteiger partial charge in [0, 0.05) is 23.8 Å². The smallest absolute Gasteiger partial charge is 0.324 e. The molecule has 0 unspecified atom stereocenters. The van der Waals surface area contributed by atoms with Crippen LogP contribution in [0.5, 0.6) is 0 Å². The zero-order valence-corrected chi connectivity index (χ0v) is 13.3. The minimum absolute atomic E-state index is 0.168. The SMILES string of the molecule is O=C(Nc1ccccc1)c1cnc(Nc2ccc(C(F)(F)F)cc2)nc1. The lowest BCUT2D eigenvalue weighted by Gasteiger charge is -2.09. The Bertz CT molecular complexity index is 879. The number of para-hydroxylation sites is 1. The van der Waals surface area contributed by atoms with Crippen LogP contribution in [0.15, 0.2) is 67.0 Å². The van der Waals surface area contributed by atoms with E-state index in [9.17, 15) is 18.0 Å². The summed E-state index contributed by atoms with van der Waals surface area (Å²) < 4.78 is 37.6. The Morgan fingerprint density at radius 3 is 2.04 bits per heavy atom. The summed E-state index contributed by atoms with van der Waals surface area (Å²) in [5.41, 5.74) is 0.563. The summed E-state index contributed by atoms with van der Waals surface area (Å²) in [6, 6.07) is 13.4. The fourth-order valence-corrected chi connectivity index (χ4v) is 2.11. The third-order valence-electron chi connectivity index (χ3n) is 3.41. The molecule has 5 nitrogen and oxygen atoms in total. The van der Waals surface area contributed by atoms with Crippen LogP contribution in [0.2, 0.25) is 0 Å². The monoisotopic (exact) mass is 358 g/mol. The highest BCUT2D eigenvalue weighted by molar-refractivity contribution is 6.03. The van der Waals surface area contributed by atoms with Gasteiger partial charge in [-0.3, -0.25) is 4.79 Å². The molecule has 132 valence electrons. The standard InChI is InChI=1S/C18H13F3N4O/c19-18(20,21)13-6-8-15(9-7-13)25-17-22-10-12(11-23-17)16(26)24-14-4-2-1-3-5-14/h1-11H,(H,24,26)(H,22,23,25). The van der Waals surface area contributed by atoms with Crippen LogP contribution >= 0.6 is 0 Å². The van der Waals surface area contributed by atoms with Gasteiger partial charge in [-0.25, -0.2) is 9.97 Å². The fraction of sp³-hybridized carbons (Fsp3) is 0.0556. The molecule has 0 aliphatic heterocycles. The first kappa shape index (κ1) is 17.4. The van der Waals surface area contributed by atoms with E-state index in [4.69, 9.17) is 0 Å². The summed E-state index contributed by atoms with van der Waals surface area (Å²) in [7, 11) is 0. The Hall–Kier alpha value is -3.42. The van der Waals surface area contributed by atoms with Crippen molar-refractivity contribution in [3.8, 4) is 0 Å². The van der Waals surface area contributed by atoms with Crippen LogP contribution in [0.3, 0.4) is 0 Å². The summed E-state index contributed by atoms with van der Waals surface area (Å²) in [4.78, 5) is 20.1. The van der Waals surface area contributed by atoms with Crippen LogP contribution in [0.1, 0.15) is 15.9 Å². The molecule has 0 spiro atoms. The molecule has 2 aromatic carbocycles. The van der Waals surface area contributed by atoms with E-state index in [1.54, 1.807) is 24.3 Å². The molecule has 2 N–H and O–H groups in total. The highest BCUT2D eigenvalue weighted by Crippen LogP contribution is 2.30. The van der Waals surface area contributed by atoms with Gasteiger partial charge in [-0.2, -0.15) is 13.2 Å². The molecule has 3 rings (SSSR count). The van der Waals surface area contributed by atoms with Crippen LogP contribution in [-0.4, -0.2) is 15.9 Å². The van der Waals surface area contributed by atoms with E-state index >= 15 is 0 Å². The summed E-state index contributed by atoms with van der Waals surface area (Å²) in [6.45, 7) is 0. The second kappa shape index (κ2) is 7.22. The second-order valence-corrected chi connectivity index (χ2v) is 5.32. The highest BCUT2D eigenvalue weighted by Gasteiger charge is 2.29.